The summed E-state index contributed by atoms with van der Waals surface area (Å²) in [6.45, 7) is 0. The van der Waals surface area contributed by atoms with Crippen molar-refractivity contribution >= 4 is 35.0 Å². The predicted molar refractivity (Wildman–Crippen MR) is 83.3 cm³/mol. The molecule has 0 heterocycles. The maximum absolute atomic E-state index is 10.4. The summed E-state index contributed by atoms with van der Waals surface area (Å²) in [7, 11) is 0. The van der Waals surface area contributed by atoms with Gasteiger partial charge < -0.3 is 5.11 Å². The van der Waals surface area contributed by atoms with Gasteiger partial charge in [0, 0.05) is 11.3 Å². The van der Waals surface area contributed by atoms with E-state index in [2.05, 4.69) is 0 Å². The summed E-state index contributed by atoms with van der Waals surface area (Å²) in [5.41, 5.74) is 1.78. The minimum Gasteiger partial charge on any atom is -0.388 e. The zero-order chi connectivity index (χ0) is 13.8. The van der Waals surface area contributed by atoms with Gasteiger partial charge in [0.2, 0.25) is 0 Å². The fourth-order valence-corrected chi connectivity index (χ4v) is 3.02. The van der Waals surface area contributed by atoms with Crippen molar-refractivity contribution in [1.82, 2.24) is 0 Å². The Labute approximate surface area is 127 Å². The maximum atomic E-state index is 10.4. The smallest absolute Gasteiger partial charge is 0.0841 e. The average molecular weight is 313 g/mol. The zero-order valence-electron chi connectivity index (χ0n) is 10.4. The van der Waals surface area contributed by atoms with Gasteiger partial charge in [0.05, 0.1) is 16.1 Å². The first-order valence-electron chi connectivity index (χ1n) is 5.87. The fraction of sp³-hybridized carbons (Fsp3) is 0.200. The first-order chi connectivity index (χ1) is 9.13. The van der Waals surface area contributed by atoms with Crippen LogP contribution in [0.3, 0.4) is 0 Å². The molecule has 1 N–H and O–H groups in total. The maximum Gasteiger partial charge on any atom is 0.0841 e. The lowest BCUT2D eigenvalue weighted by Crippen LogP contribution is -2.03. The lowest BCUT2D eigenvalue weighted by Gasteiger charge is -2.15. The van der Waals surface area contributed by atoms with Crippen molar-refractivity contribution in [1.29, 1.82) is 0 Å². The highest BCUT2D eigenvalue weighted by molar-refractivity contribution is 7.98. The monoisotopic (exact) mass is 312 g/mol. The number of benzene rings is 2. The largest absolute Gasteiger partial charge is 0.388 e. The van der Waals surface area contributed by atoms with Crippen molar-refractivity contribution in [2.45, 2.75) is 17.4 Å². The van der Waals surface area contributed by atoms with Crippen molar-refractivity contribution < 1.29 is 5.11 Å². The molecule has 100 valence electrons. The van der Waals surface area contributed by atoms with Crippen LogP contribution in [0.4, 0.5) is 0 Å². The minimum absolute atomic E-state index is 0.455. The summed E-state index contributed by atoms with van der Waals surface area (Å²) in [5, 5.41) is 11.4. The summed E-state index contributed by atoms with van der Waals surface area (Å²) in [4.78, 5) is 1.08. The van der Waals surface area contributed by atoms with E-state index < -0.39 is 6.10 Å². The Hall–Kier alpha value is -0.670. The first-order valence-corrected chi connectivity index (χ1v) is 7.85. The van der Waals surface area contributed by atoms with Crippen LogP contribution in [0, 0.1) is 0 Å². The van der Waals surface area contributed by atoms with Gasteiger partial charge in [0.1, 0.15) is 0 Å². The second kappa shape index (κ2) is 6.67. The molecule has 2 rings (SSSR count). The van der Waals surface area contributed by atoms with E-state index in [1.807, 2.05) is 42.7 Å². The molecule has 19 heavy (non-hydrogen) atoms. The van der Waals surface area contributed by atoms with E-state index in [0.717, 1.165) is 16.0 Å². The van der Waals surface area contributed by atoms with Crippen LogP contribution in [0.2, 0.25) is 10.0 Å². The number of aliphatic hydroxyl groups is 1. The number of hydrogen-bond acceptors (Lipinski definition) is 2. The Bertz CT molecular complexity index is 572. The van der Waals surface area contributed by atoms with E-state index in [-0.39, 0.29) is 0 Å². The van der Waals surface area contributed by atoms with Crippen LogP contribution in [0.1, 0.15) is 17.2 Å². The van der Waals surface area contributed by atoms with Crippen LogP contribution in [-0.4, -0.2) is 11.4 Å². The average Bonchev–Trinajstić information content (AvgIpc) is 2.43. The second-order valence-electron chi connectivity index (χ2n) is 4.17. The minimum atomic E-state index is -0.584. The molecule has 2 aromatic rings. The molecule has 0 spiro atoms. The quantitative estimate of drug-likeness (QED) is 0.802. The SMILES string of the molecule is CSc1ccccc1C(O)Cc1cccc(Cl)c1Cl. The van der Waals surface area contributed by atoms with Crippen LogP contribution < -0.4 is 0 Å². The highest BCUT2D eigenvalue weighted by Crippen LogP contribution is 2.32. The zero-order valence-corrected chi connectivity index (χ0v) is 12.8. The van der Waals surface area contributed by atoms with Gasteiger partial charge in [0.15, 0.2) is 0 Å². The van der Waals surface area contributed by atoms with E-state index in [9.17, 15) is 5.11 Å². The van der Waals surface area contributed by atoms with Crippen molar-refractivity contribution in [2.75, 3.05) is 6.26 Å². The van der Waals surface area contributed by atoms with Crippen molar-refractivity contribution in [2.24, 2.45) is 0 Å². The molecule has 4 heteroatoms. The van der Waals surface area contributed by atoms with Crippen molar-refractivity contribution in [3.63, 3.8) is 0 Å². The van der Waals surface area contributed by atoms with Gasteiger partial charge >= 0.3 is 0 Å². The summed E-state index contributed by atoms with van der Waals surface area (Å²) < 4.78 is 0. The Morgan fingerprint density at radius 3 is 2.58 bits per heavy atom. The molecule has 0 radical (unpaired) electrons. The number of aliphatic hydroxyl groups excluding tert-OH is 1. The van der Waals surface area contributed by atoms with Crippen molar-refractivity contribution in [3.05, 3.63) is 63.6 Å². The molecule has 0 aliphatic carbocycles. The third kappa shape index (κ3) is 3.46. The van der Waals surface area contributed by atoms with Gasteiger partial charge in [-0.1, -0.05) is 53.5 Å². The highest BCUT2D eigenvalue weighted by atomic mass is 35.5. The third-order valence-corrected chi connectivity index (χ3v) is 4.61. The lowest BCUT2D eigenvalue weighted by molar-refractivity contribution is 0.175. The summed E-state index contributed by atoms with van der Waals surface area (Å²) >= 11 is 13.8. The molecule has 0 amide bonds. The summed E-state index contributed by atoms with van der Waals surface area (Å²) in [6.07, 6.45) is 1.87. The molecule has 0 bridgehead atoms. The Kier molecular flexibility index (Phi) is 5.17. The van der Waals surface area contributed by atoms with E-state index in [4.69, 9.17) is 23.2 Å². The summed E-state index contributed by atoms with van der Waals surface area (Å²) in [5.74, 6) is 0. The number of hydrogen-bond donors (Lipinski definition) is 1. The second-order valence-corrected chi connectivity index (χ2v) is 5.81. The molecule has 0 aliphatic heterocycles. The molecular weight excluding hydrogens is 299 g/mol. The fourth-order valence-electron chi connectivity index (χ4n) is 1.97. The molecule has 0 saturated carbocycles. The molecular formula is C15H14Cl2OS. The first kappa shape index (κ1) is 14.7. The van der Waals surface area contributed by atoms with Gasteiger partial charge in [0.25, 0.3) is 0 Å². The van der Waals surface area contributed by atoms with Gasteiger partial charge in [-0.25, -0.2) is 0 Å². The Morgan fingerprint density at radius 1 is 1.11 bits per heavy atom. The standard InChI is InChI=1S/C15H14Cl2OS/c1-19-14-8-3-2-6-11(14)13(18)9-10-5-4-7-12(16)15(10)17/h2-8,13,18H,9H2,1H3. The molecule has 0 saturated heterocycles. The Morgan fingerprint density at radius 2 is 1.84 bits per heavy atom. The van der Waals surface area contributed by atoms with Crippen LogP contribution in [0.5, 0.6) is 0 Å². The van der Waals surface area contributed by atoms with Crippen molar-refractivity contribution in [3.8, 4) is 0 Å². The molecule has 2 aromatic carbocycles. The van der Waals surface area contributed by atoms with Gasteiger partial charge in [-0.15, -0.1) is 11.8 Å². The van der Waals surface area contributed by atoms with E-state index in [1.165, 1.54) is 0 Å². The number of rotatable bonds is 4. The van der Waals surface area contributed by atoms with Gasteiger partial charge in [-0.05, 0) is 29.5 Å². The van der Waals surface area contributed by atoms with Crippen LogP contribution in [0.25, 0.3) is 0 Å². The topological polar surface area (TPSA) is 20.2 Å². The third-order valence-electron chi connectivity index (χ3n) is 2.94. The van der Waals surface area contributed by atoms with Crippen LogP contribution >= 0.6 is 35.0 Å². The van der Waals surface area contributed by atoms with Gasteiger partial charge in [-0.2, -0.15) is 0 Å². The molecule has 1 atom stereocenters. The molecule has 0 fully saturated rings. The number of halogens is 2. The van der Waals surface area contributed by atoms with Crippen LogP contribution in [0.15, 0.2) is 47.4 Å². The molecule has 0 aliphatic rings. The van der Waals surface area contributed by atoms with E-state index in [1.54, 1.807) is 17.8 Å². The summed E-state index contributed by atoms with van der Waals surface area (Å²) in [6, 6.07) is 13.3. The predicted octanol–water partition coefficient (Wildman–Crippen LogP) is 4.99. The lowest BCUT2D eigenvalue weighted by atomic mass is 10.0. The van der Waals surface area contributed by atoms with Crippen LogP contribution in [-0.2, 0) is 6.42 Å². The number of thioether (sulfide) groups is 1. The molecule has 0 aromatic heterocycles. The van der Waals surface area contributed by atoms with E-state index in [0.29, 0.717) is 16.5 Å². The highest BCUT2D eigenvalue weighted by Gasteiger charge is 2.14. The Balaban J connectivity index is 2.26. The van der Waals surface area contributed by atoms with Gasteiger partial charge in [-0.3, -0.25) is 0 Å². The van der Waals surface area contributed by atoms with E-state index >= 15 is 0 Å². The normalized spacial score (nSPS) is 12.4. The molecule has 1 unspecified atom stereocenters. The molecule has 1 nitrogen and oxygen atoms in total.